The second-order valence-corrected chi connectivity index (χ2v) is 4.67. The van der Waals surface area contributed by atoms with Crippen molar-refractivity contribution in [3.8, 4) is 0 Å². The highest BCUT2D eigenvalue weighted by Crippen LogP contribution is 2.18. The van der Waals surface area contributed by atoms with Crippen molar-refractivity contribution in [1.29, 1.82) is 0 Å². The van der Waals surface area contributed by atoms with Crippen LogP contribution in [-0.2, 0) is 4.79 Å². The van der Waals surface area contributed by atoms with Gasteiger partial charge in [-0.2, -0.15) is 0 Å². The largest absolute Gasteiger partial charge is 0.397 e. The predicted molar refractivity (Wildman–Crippen MR) is 75.3 cm³/mol. The van der Waals surface area contributed by atoms with Crippen LogP contribution >= 0.6 is 0 Å². The molecule has 1 rings (SSSR count). The Morgan fingerprint density at radius 1 is 1.50 bits per heavy atom. The van der Waals surface area contributed by atoms with Gasteiger partial charge in [0, 0.05) is 5.92 Å². The van der Waals surface area contributed by atoms with Crippen LogP contribution in [0.15, 0.2) is 12.3 Å². The third-order valence-electron chi connectivity index (χ3n) is 3.11. The van der Waals surface area contributed by atoms with E-state index in [4.69, 9.17) is 5.73 Å². The van der Waals surface area contributed by atoms with Gasteiger partial charge in [-0.1, -0.05) is 26.7 Å². The molecule has 1 aromatic rings. The molecular weight excluding hydrogens is 226 g/mol. The Hall–Kier alpha value is -1.58. The second kappa shape index (κ2) is 6.99. The summed E-state index contributed by atoms with van der Waals surface area (Å²) >= 11 is 0. The van der Waals surface area contributed by atoms with Gasteiger partial charge in [-0.3, -0.25) is 4.79 Å². The highest BCUT2D eigenvalue weighted by atomic mass is 16.1. The second-order valence-electron chi connectivity index (χ2n) is 4.67. The van der Waals surface area contributed by atoms with Crippen LogP contribution in [0.2, 0.25) is 0 Å². The maximum absolute atomic E-state index is 12.1. The van der Waals surface area contributed by atoms with Crippen LogP contribution in [0.25, 0.3) is 0 Å². The summed E-state index contributed by atoms with van der Waals surface area (Å²) in [5, 5.41) is 2.89. The van der Waals surface area contributed by atoms with Crippen molar-refractivity contribution in [2.24, 2.45) is 5.92 Å². The van der Waals surface area contributed by atoms with Crippen molar-refractivity contribution < 1.29 is 4.79 Å². The number of nitrogens with zero attached hydrogens (tertiary/aromatic N) is 1. The minimum Gasteiger partial charge on any atom is -0.397 e. The minimum absolute atomic E-state index is 0.0614. The monoisotopic (exact) mass is 249 g/mol. The molecule has 0 spiro atoms. The fourth-order valence-corrected chi connectivity index (χ4v) is 1.92. The topological polar surface area (TPSA) is 68.0 Å². The van der Waals surface area contributed by atoms with Crippen molar-refractivity contribution in [3.63, 3.8) is 0 Å². The molecule has 1 atom stereocenters. The van der Waals surface area contributed by atoms with Crippen molar-refractivity contribution in [2.45, 2.75) is 46.5 Å². The fourth-order valence-electron chi connectivity index (χ4n) is 1.92. The van der Waals surface area contributed by atoms with Crippen LogP contribution in [-0.4, -0.2) is 10.9 Å². The van der Waals surface area contributed by atoms with Gasteiger partial charge in [0.2, 0.25) is 5.91 Å². The maximum atomic E-state index is 12.1. The molecule has 0 saturated heterocycles. The van der Waals surface area contributed by atoms with Crippen LogP contribution in [0.4, 0.5) is 11.5 Å². The number of nitrogens with two attached hydrogens (primary N) is 1. The summed E-state index contributed by atoms with van der Waals surface area (Å²) < 4.78 is 0. The molecular formula is C14H23N3O. The van der Waals surface area contributed by atoms with E-state index in [1.54, 1.807) is 6.20 Å². The molecule has 100 valence electrons. The molecule has 0 aliphatic rings. The lowest BCUT2D eigenvalue weighted by atomic mass is 9.98. The van der Waals surface area contributed by atoms with Gasteiger partial charge in [0.25, 0.3) is 0 Å². The summed E-state index contributed by atoms with van der Waals surface area (Å²) in [5.41, 5.74) is 7.15. The lowest BCUT2D eigenvalue weighted by Gasteiger charge is -2.15. The molecule has 1 heterocycles. The summed E-state index contributed by atoms with van der Waals surface area (Å²) in [6.07, 6.45) is 5.56. The minimum atomic E-state index is 0.0614. The van der Waals surface area contributed by atoms with E-state index in [1.165, 1.54) is 0 Å². The van der Waals surface area contributed by atoms with Crippen LogP contribution in [0.5, 0.6) is 0 Å². The Bertz CT molecular complexity index is 404. The van der Waals surface area contributed by atoms with Crippen LogP contribution < -0.4 is 11.1 Å². The number of amides is 1. The van der Waals surface area contributed by atoms with E-state index >= 15 is 0 Å². The van der Waals surface area contributed by atoms with E-state index in [1.807, 2.05) is 19.9 Å². The van der Waals surface area contributed by atoms with Gasteiger partial charge in [0.05, 0.1) is 11.9 Å². The van der Waals surface area contributed by atoms with E-state index in [2.05, 4.69) is 17.2 Å². The van der Waals surface area contributed by atoms with E-state index < -0.39 is 0 Å². The Balaban J connectivity index is 2.67. The third-order valence-corrected chi connectivity index (χ3v) is 3.11. The lowest BCUT2D eigenvalue weighted by molar-refractivity contribution is -0.120. The number of pyridine rings is 1. The standard InChI is InChI=1S/C14H23N3O/c1-4-6-7-11(5-2)14(18)17-13-10(3)8-12(15)9-16-13/h8-9,11H,4-7,15H2,1-3H3,(H,16,17,18). The van der Waals surface area contributed by atoms with E-state index in [0.717, 1.165) is 31.2 Å². The molecule has 0 saturated carbocycles. The van der Waals surface area contributed by atoms with E-state index in [0.29, 0.717) is 11.5 Å². The van der Waals surface area contributed by atoms with E-state index in [9.17, 15) is 4.79 Å². The molecule has 0 bridgehead atoms. The Morgan fingerprint density at radius 3 is 2.78 bits per heavy atom. The molecule has 4 heteroatoms. The summed E-state index contributed by atoms with van der Waals surface area (Å²) in [6.45, 7) is 6.07. The van der Waals surface area contributed by atoms with E-state index in [-0.39, 0.29) is 11.8 Å². The predicted octanol–water partition coefficient (Wildman–Crippen LogP) is 3.13. The molecule has 0 aromatic carbocycles. The van der Waals surface area contributed by atoms with Gasteiger partial charge in [0.15, 0.2) is 0 Å². The lowest BCUT2D eigenvalue weighted by Crippen LogP contribution is -2.23. The van der Waals surface area contributed by atoms with Gasteiger partial charge < -0.3 is 11.1 Å². The van der Waals surface area contributed by atoms with Gasteiger partial charge in [-0.25, -0.2) is 4.98 Å². The zero-order chi connectivity index (χ0) is 13.5. The fraction of sp³-hybridized carbons (Fsp3) is 0.571. The average Bonchev–Trinajstić information content (AvgIpc) is 2.34. The first-order chi connectivity index (χ1) is 8.58. The smallest absolute Gasteiger partial charge is 0.228 e. The van der Waals surface area contributed by atoms with Crippen molar-refractivity contribution in [3.05, 3.63) is 17.8 Å². The zero-order valence-electron chi connectivity index (χ0n) is 11.5. The molecule has 1 amide bonds. The molecule has 3 N–H and O–H groups in total. The summed E-state index contributed by atoms with van der Waals surface area (Å²) in [6, 6.07) is 1.82. The summed E-state index contributed by atoms with van der Waals surface area (Å²) in [7, 11) is 0. The number of nitrogen functional groups attached to an aromatic ring is 1. The summed E-state index contributed by atoms with van der Waals surface area (Å²) in [4.78, 5) is 16.3. The number of unbranched alkanes of at least 4 members (excludes halogenated alkanes) is 1. The highest BCUT2D eigenvalue weighted by Gasteiger charge is 2.16. The number of anilines is 2. The van der Waals surface area contributed by atoms with Crippen molar-refractivity contribution in [2.75, 3.05) is 11.1 Å². The molecule has 4 nitrogen and oxygen atoms in total. The van der Waals surface area contributed by atoms with Crippen LogP contribution in [0, 0.1) is 12.8 Å². The molecule has 18 heavy (non-hydrogen) atoms. The van der Waals surface area contributed by atoms with Crippen LogP contribution in [0.1, 0.15) is 45.1 Å². The number of aromatic nitrogens is 1. The normalized spacial score (nSPS) is 12.2. The van der Waals surface area contributed by atoms with Crippen molar-refractivity contribution in [1.82, 2.24) is 4.98 Å². The van der Waals surface area contributed by atoms with Gasteiger partial charge >= 0.3 is 0 Å². The first-order valence-corrected chi connectivity index (χ1v) is 6.61. The van der Waals surface area contributed by atoms with Gasteiger partial charge in [-0.05, 0) is 31.4 Å². The maximum Gasteiger partial charge on any atom is 0.228 e. The van der Waals surface area contributed by atoms with Gasteiger partial charge in [0.1, 0.15) is 5.82 Å². The van der Waals surface area contributed by atoms with Crippen molar-refractivity contribution >= 4 is 17.4 Å². The number of carbonyl (C=O) groups excluding carboxylic acids is 1. The number of hydrogen-bond acceptors (Lipinski definition) is 3. The van der Waals surface area contributed by atoms with Gasteiger partial charge in [-0.15, -0.1) is 0 Å². The third kappa shape index (κ3) is 4.02. The molecule has 1 unspecified atom stereocenters. The SMILES string of the molecule is CCCCC(CC)C(=O)Nc1ncc(N)cc1C. The molecule has 0 aliphatic carbocycles. The Labute approximate surface area is 109 Å². The Morgan fingerprint density at radius 2 is 2.22 bits per heavy atom. The molecule has 0 radical (unpaired) electrons. The number of rotatable bonds is 6. The number of carbonyl (C=O) groups is 1. The summed E-state index contributed by atoms with van der Waals surface area (Å²) in [5.74, 6) is 0.749. The molecule has 1 aromatic heterocycles. The number of aryl methyl sites for hydroxylation is 1. The molecule has 0 aliphatic heterocycles. The Kier molecular flexibility index (Phi) is 5.62. The zero-order valence-corrected chi connectivity index (χ0v) is 11.5. The highest BCUT2D eigenvalue weighted by molar-refractivity contribution is 5.92. The number of nitrogens with one attached hydrogen (secondary N) is 1. The first kappa shape index (κ1) is 14.5. The first-order valence-electron chi connectivity index (χ1n) is 6.61. The van der Waals surface area contributed by atoms with Crippen LogP contribution in [0.3, 0.4) is 0 Å². The number of hydrogen-bond donors (Lipinski definition) is 2. The molecule has 0 fully saturated rings. The quantitative estimate of drug-likeness (QED) is 0.814. The average molecular weight is 249 g/mol.